The molecule has 2 aromatic rings. The van der Waals surface area contributed by atoms with Crippen LogP contribution in [0.25, 0.3) is 11.4 Å². The van der Waals surface area contributed by atoms with E-state index in [0.717, 1.165) is 36.8 Å². The minimum absolute atomic E-state index is 0.265. The minimum atomic E-state index is 0.265. The third-order valence-electron chi connectivity index (χ3n) is 3.45. The van der Waals surface area contributed by atoms with Gasteiger partial charge in [-0.1, -0.05) is 19.1 Å². The van der Waals surface area contributed by atoms with Crippen LogP contribution in [0.3, 0.4) is 0 Å². The number of benzene rings is 1. The maximum absolute atomic E-state index is 5.26. The van der Waals surface area contributed by atoms with Gasteiger partial charge in [-0.05, 0) is 12.1 Å². The van der Waals surface area contributed by atoms with Crippen LogP contribution < -0.4 is 5.32 Å². The Bertz CT molecular complexity index is 574. The van der Waals surface area contributed by atoms with Crippen LogP contribution in [0, 0.1) is 5.41 Å². The highest BCUT2D eigenvalue weighted by Crippen LogP contribution is 2.27. The van der Waals surface area contributed by atoms with E-state index in [0.29, 0.717) is 0 Å². The molecule has 1 saturated heterocycles. The molecule has 5 nitrogen and oxygen atoms in total. The van der Waals surface area contributed by atoms with Crippen molar-refractivity contribution in [1.82, 2.24) is 14.8 Å². The summed E-state index contributed by atoms with van der Waals surface area (Å²) in [6, 6.07) is 8.25. The van der Waals surface area contributed by atoms with Crippen molar-refractivity contribution in [3.05, 3.63) is 30.6 Å². The van der Waals surface area contributed by atoms with E-state index in [1.54, 1.807) is 6.33 Å². The summed E-state index contributed by atoms with van der Waals surface area (Å²) in [5, 5.41) is 11.5. The zero-order valence-corrected chi connectivity index (χ0v) is 11.3. The van der Waals surface area contributed by atoms with Crippen molar-refractivity contribution < 1.29 is 4.74 Å². The first kappa shape index (κ1) is 12.2. The van der Waals surface area contributed by atoms with Crippen LogP contribution in [0.4, 0.5) is 5.69 Å². The van der Waals surface area contributed by atoms with Crippen LogP contribution in [0.1, 0.15) is 6.92 Å². The van der Waals surface area contributed by atoms with Gasteiger partial charge in [0.05, 0.1) is 13.2 Å². The third kappa shape index (κ3) is 2.46. The average molecular weight is 258 g/mol. The smallest absolute Gasteiger partial charge is 0.163 e. The number of nitrogens with one attached hydrogen (secondary N) is 1. The number of ether oxygens (including phenoxy) is 1. The molecule has 1 aromatic heterocycles. The first-order chi connectivity index (χ1) is 9.16. The molecule has 0 spiro atoms. The maximum Gasteiger partial charge on any atom is 0.163 e. The molecule has 1 N–H and O–H groups in total. The van der Waals surface area contributed by atoms with Gasteiger partial charge in [-0.3, -0.25) is 0 Å². The summed E-state index contributed by atoms with van der Waals surface area (Å²) in [4.78, 5) is 0. The Balaban J connectivity index is 1.75. The van der Waals surface area contributed by atoms with E-state index in [1.807, 2.05) is 23.7 Å². The Hall–Kier alpha value is -1.88. The maximum atomic E-state index is 5.26. The first-order valence-corrected chi connectivity index (χ1v) is 6.42. The summed E-state index contributed by atoms with van der Waals surface area (Å²) in [5.41, 5.74) is 2.44. The summed E-state index contributed by atoms with van der Waals surface area (Å²) in [7, 11) is 1.95. The monoisotopic (exact) mass is 258 g/mol. The van der Waals surface area contributed by atoms with Crippen molar-refractivity contribution in [3.63, 3.8) is 0 Å². The number of nitrogens with zero attached hydrogens (tertiary/aromatic N) is 3. The van der Waals surface area contributed by atoms with Crippen molar-refractivity contribution in [2.45, 2.75) is 6.92 Å². The van der Waals surface area contributed by atoms with Gasteiger partial charge < -0.3 is 14.6 Å². The number of aryl methyl sites for hydroxylation is 1. The Kier molecular flexibility index (Phi) is 2.98. The van der Waals surface area contributed by atoms with Gasteiger partial charge >= 0.3 is 0 Å². The summed E-state index contributed by atoms with van der Waals surface area (Å²) >= 11 is 0. The lowest BCUT2D eigenvalue weighted by atomic mass is 9.88. The van der Waals surface area contributed by atoms with Gasteiger partial charge in [-0.15, -0.1) is 10.2 Å². The predicted molar refractivity (Wildman–Crippen MR) is 73.9 cm³/mol. The second kappa shape index (κ2) is 4.66. The third-order valence-corrected chi connectivity index (χ3v) is 3.45. The summed E-state index contributed by atoms with van der Waals surface area (Å²) in [6.07, 6.45) is 1.71. The van der Waals surface area contributed by atoms with Gasteiger partial charge in [-0.25, -0.2) is 0 Å². The second-order valence-corrected chi connectivity index (χ2v) is 5.50. The molecule has 19 heavy (non-hydrogen) atoms. The summed E-state index contributed by atoms with van der Waals surface area (Å²) in [5.74, 6) is 0.877. The predicted octanol–water partition coefficient (Wildman–Crippen LogP) is 1.93. The standard InChI is InChI=1S/C14H18N4O/c1-14(8-19-9-14)7-15-12-5-3-4-11(6-12)13-17-16-10-18(13)2/h3-6,10,15H,7-9H2,1-2H3. The van der Waals surface area contributed by atoms with E-state index in [9.17, 15) is 0 Å². The quantitative estimate of drug-likeness (QED) is 0.910. The van der Waals surface area contributed by atoms with Crippen molar-refractivity contribution in [3.8, 4) is 11.4 Å². The van der Waals surface area contributed by atoms with Crippen molar-refractivity contribution in [2.24, 2.45) is 12.5 Å². The van der Waals surface area contributed by atoms with Gasteiger partial charge in [0.1, 0.15) is 6.33 Å². The molecule has 0 unspecified atom stereocenters. The second-order valence-electron chi connectivity index (χ2n) is 5.50. The average Bonchev–Trinajstić information content (AvgIpc) is 2.81. The molecule has 2 heterocycles. The molecule has 0 radical (unpaired) electrons. The molecule has 1 aromatic carbocycles. The highest BCUT2D eigenvalue weighted by Gasteiger charge is 2.32. The lowest BCUT2D eigenvalue weighted by molar-refractivity contribution is -0.0924. The van der Waals surface area contributed by atoms with Gasteiger partial charge in [0.2, 0.25) is 0 Å². The number of hydrogen-bond acceptors (Lipinski definition) is 4. The van der Waals surface area contributed by atoms with E-state index in [2.05, 4.69) is 34.6 Å². The Morgan fingerprint density at radius 1 is 1.42 bits per heavy atom. The van der Waals surface area contributed by atoms with Crippen LogP contribution in [0.2, 0.25) is 0 Å². The van der Waals surface area contributed by atoms with E-state index in [-0.39, 0.29) is 5.41 Å². The molecule has 1 fully saturated rings. The van der Waals surface area contributed by atoms with E-state index in [4.69, 9.17) is 4.74 Å². The van der Waals surface area contributed by atoms with Gasteiger partial charge in [-0.2, -0.15) is 0 Å². The highest BCUT2D eigenvalue weighted by atomic mass is 16.5. The lowest BCUT2D eigenvalue weighted by Gasteiger charge is -2.38. The van der Waals surface area contributed by atoms with Crippen molar-refractivity contribution in [1.29, 1.82) is 0 Å². The zero-order valence-electron chi connectivity index (χ0n) is 11.3. The van der Waals surface area contributed by atoms with Crippen LogP contribution in [-0.4, -0.2) is 34.5 Å². The van der Waals surface area contributed by atoms with Gasteiger partial charge in [0.25, 0.3) is 0 Å². The first-order valence-electron chi connectivity index (χ1n) is 6.42. The SMILES string of the molecule is Cn1cnnc1-c1cccc(NCC2(C)COC2)c1. The van der Waals surface area contributed by atoms with Crippen molar-refractivity contribution >= 4 is 5.69 Å². The molecular weight excluding hydrogens is 240 g/mol. The Labute approximate surface area is 112 Å². The molecule has 1 aliphatic heterocycles. The zero-order chi connectivity index (χ0) is 13.3. The van der Waals surface area contributed by atoms with Crippen LogP contribution in [0.5, 0.6) is 0 Å². The molecule has 5 heteroatoms. The van der Waals surface area contributed by atoms with Crippen LogP contribution in [0.15, 0.2) is 30.6 Å². The molecule has 0 amide bonds. The molecule has 100 valence electrons. The van der Waals surface area contributed by atoms with E-state index in [1.165, 1.54) is 0 Å². The highest BCUT2D eigenvalue weighted by molar-refractivity contribution is 5.62. The van der Waals surface area contributed by atoms with E-state index < -0.39 is 0 Å². The molecule has 0 aliphatic carbocycles. The number of hydrogen-bond donors (Lipinski definition) is 1. The summed E-state index contributed by atoms with van der Waals surface area (Å²) < 4.78 is 7.18. The fourth-order valence-corrected chi connectivity index (χ4v) is 2.18. The summed E-state index contributed by atoms with van der Waals surface area (Å²) in [6.45, 7) is 4.83. The fourth-order valence-electron chi connectivity index (χ4n) is 2.18. The molecular formula is C14H18N4O. The Morgan fingerprint density at radius 2 is 2.26 bits per heavy atom. The number of aromatic nitrogens is 3. The number of anilines is 1. The molecule has 1 aliphatic rings. The van der Waals surface area contributed by atoms with Crippen LogP contribution in [-0.2, 0) is 11.8 Å². The molecule has 3 rings (SSSR count). The normalized spacial score (nSPS) is 16.9. The molecule has 0 saturated carbocycles. The van der Waals surface area contributed by atoms with E-state index >= 15 is 0 Å². The number of rotatable bonds is 4. The molecule has 0 bridgehead atoms. The topological polar surface area (TPSA) is 52.0 Å². The largest absolute Gasteiger partial charge is 0.384 e. The van der Waals surface area contributed by atoms with Gasteiger partial charge in [0.15, 0.2) is 5.82 Å². The van der Waals surface area contributed by atoms with Crippen LogP contribution >= 0.6 is 0 Å². The molecule has 0 atom stereocenters. The fraction of sp³-hybridized carbons (Fsp3) is 0.429. The lowest BCUT2D eigenvalue weighted by Crippen LogP contribution is -2.45. The minimum Gasteiger partial charge on any atom is -0.384 e. The van der Waals surface area contributed by atoms with Crippen molar-refractivity contribution in [2.75, 3.05) is 25.1 Å². The van der Waals surface area contributed by atoms with Gasteiger partial charge in [0, 0.05) is 30.3 Å². The Morgan fingerprint density at radius 3 is 2.89 bits per heavy atom.